The van der Waals surface area contributed by atoms with Crippen molar-refractivity contribution in [1.82, 2.24) is 5.32 Å². The Hall–Kier alpha value is -0.670. The van der Waals surface area contributed by atoms with Gasteiger partial charge >= 0.3 is 0 Å². The third kappa shape index (κ3) is 10.2. The quantitative estimate of drug-likeness (QED) is 0.237. The highest BCUT2D eigenvalue weighted by atomic mass is 127. The van der Waals surface area contributed by atoms with Gasteiger partial charge in [-0.3, -0.25) is 4.99 Å². The predicted molar refractivity (Wildman–Crippen MR) is 116 cm³/mol. The van der Waals surface area contributed by atoms with Gasteiger partial charge < -0.3 is 20.1 Å². The first-order chi connectivity index (χ1) is 11.2. The first-order valence-electron chi connectivity index (χ1n) is 7.99. The van der Waals surface area contributed by atoms with E-state index in [1.807, 2.05) is 36.0 Å². The summed E-state index contributed by atoms with van der Waals surface area (Å²) >= 11 is 1.81. The van der Waals surface area contributed by atoms with Gasteiger partial charge in [0, 0.05) is 43.7 Å². The highest BCUT2D eigenvalue weighted by Crippen LogP contribution is 2.17. The average Bonchev–Trinajstić information content (AvgIpc) is 2.57. The largest absolute Gasteiger partial charge is 0.493 e. The number of nitrogens with one attached hydrogen (secondary N) is 2. The van der Waals surface area contributed by atoms with Crippen molar-refractivity contribution in [2.45, 2.75) is 25.5 Å². The molecule has 138 valence electrons. The minimum atomic E-state index is 0. The molecule has 7 heteroatoms. The molecule has 0 bridgehead atoms. The molecule has 0 fully saturated rings. The maximum atomic E-state index is 5.72. The van der Waals surface area contributed by atoms with Crippen LogP contribution in [0.25, 0.3) is 0 Å². The van der Waals surface area contributed by atoms with E-state index in [2.05, 4.69) is 35.7 Å². The fourth-order valence-corrected chi connectivity index (χ4v) is 2.02. The molecule has 1 aromatic rings. The van der Waals surface area contributed by atoms with E-state index in [1.165, 1.54) is 0 Å². The number of anilines is 1. The van der Waals surface area contributed by atoms with Gasteiger partial charge in [-0.15, -0.1) is 24.0 Å². The van der Waals surface area contributed by atoms with Gasteiger partial charge in [0.05, 0.1) is 13.2 Å². The molecule has 1 unspecified atom stereocenters. The number of halogens is 1. The second-order valence-electron chi connectivity index (χ2n) is 5.11. The van der Waals surface area contributed by atoms with Gasteiger partial charge in [0.15, 0.2) is 5.96 Å². The molecule has 0 saturated carbocycles. The molecule has 24 heavy (non-hydrogen) atoms. The topological polar surface area (TPSA) is 54.9 Å². The van der Waals surface area contributed by atoms with Crippen LogP contribution in [-0.2, 0) is 4.74 Å². The summed E-state index contributed by atoms with van der Waals surface area (Å²) in [5.74, 6) is 1.64. The van der Waals surface area contributed by atoms with Gasteiger partial charge in [-0.1, -0.05) is 13.0 Å². The number of ether oxygens (including phenoxy) is 2. The Kier molecular flexibility index (Phi) is 14.2. The van der Waals surface area contributed by atoms with Crippen LogP contribution in [0.2, 0.25) is 0 Å². The van der Waals surface area contributed by atoms with Crippen molar-refractivity contribution in [3.8, 4) is 5.75 Å². The van der Waals surface area contributed by atoms with Gasteiger partial charge in [-0.05, 0) is 25.3 Å². The van der Waals surface area contributed by atoms with Crippen molar-refractivity contribution in [2.24, 2.45) is 4.99 Å². The van der Waals surface area contributed by atoms with E-state index in [0.717, 1.165) is 36.9 Å². The van der Waals surface area contributed by atoms with Crippen LogP contribution in [0.3, 0.4) is 0 Å². The van der Waals surface area contributed by atoms with E-state index in [-0.39, 0.29) is 24.0 Å². The van der Waals surface area contributed by atoms with Crippen LogP contribution in [0.4, 0.5) is 5.69 Å². The third-order valence-electron chi connectivity index (χ3n) is 3.11. The van der Waals surface area contributed by atoms with Crippen molar-refractivity contribution < 1.29 is 9.47 Å². The molecular weight excluding hydrogens is 437 g/mol. The summed E-state index contributed by atoms with van der Waals surface area (Å²) in [6.07, 6.45) is 2.98. The Morgan fingerprint density at radius 1 is 1.33 bits per heavy atom. The number of hydrogen-bond donors (Lipinski definition) is 2. The van der Waals surface area contributed by atoms with Crippen molar-refractivity contribution in [2.75, 3.05) is 45.0 Å². The van der Waals surface area contributed by atoms with E-state index in [1.54, 1.807) is 7.11 Å². The van der Waals surface area contributed by atoms with E-state index < -0.39 is 0 Å². The zero-order chi connectivity index (χ0) is 16.9. The molecule has 0 heterocycles. The first kappa shape index (κ1) is 23.3. The van der Waals surface area contributed by atoms with E-state index >= 15 is 0 Å². The highest BCUT2D eigenvalue weighted by Gasteiger charge is 2.03. The van der Waals surface area contributed by atoms with Crippen LogP contribution in [0, 0.1) is 0 Å². The lowest BCUT2D eigenvalue weighted by Gasteiger charge is -2.13. The van der Waals surface area contributed by atoms with E-state index in [4.69, 9.17) is 9.47 Å². The molecule has 0 aliphatic rings. The summed E-state index contributed by atoms with van der Waals surface area (Å²) in [5, 5.41) is 7.09. The second-order valence-corrected chi connectivity index (χ2v) is 6.39. The SMILES string of the molecule is CCNC(=NCC(C)SC)Nc1cccc(OCCCOC)c1.I. The minimum Gasteiger partial charge on any atom is -0.493 e. The maximum absolute atomic E-state index is 5.72. The Labute approximate surface area is 167 Å². The summed E-state index contributed by atoms with van der Waals surface area (Å²) in [6, 6.07) is 7.92. The Morgan fingerprint density at radius 3 is 2.79 bits per heavy atom. The molecule has 0 radical (unpaired) electrons. The van der Waals surface area contributed by atoms with Crippen LogP contribution in [0.5, 0.6) is 5.75 Å². The maximum Gasteiger partial charge on any atom is 0.195 e. The number of methoxy groups -OCH3 is 1. The van der Waals surface area contributed by atoms with Crippen molar-refractivity contribution >= 4 is 47.4 Å². The smallest absolute Gasteiger partial charge is 0.195 e. The normalized spacial score (nSPS) is 12.2. The minimum absolute atomic E-state index is 0. The number of guanidine groups is 1. The lowest BCUT2D eigenvalue weighted by molar-refractivity contribution is 0.172. The average molecular weight is 467 g/mol. The molecule has 0 aliphatic heterocycles. The summed E-state index contributed by atoms with van der Waals surface area (Å²) in [4.78, 5) is 4.61. The summed E-state index contributed by atoms with van der Waals surface area (Å²) in [5.41, 5.74) is 0.964. The standard InChI is InChI=1S/C17H29N3O2S.HI/c1-5-18-17(19-13-14(2)23-4)20-15-8-6-9-16(12-15)22-11-7-10-21-3;/h6,8-9,12,14H,5,7,10-11,13H2,1-4H3,(H2,18,19,20);1H. The molecule has 1 rings (SSSR count). The van der Waals surface area contributed by atoms with Crippen molar-refractivity contribution in [3.05, 3.63) is 24.3 Å². The molecule has 1 atom stereocenters. The highest BCUT2D eigenvalue weighted by molar-refractivity contribution is 14.0. The zero-order valence-corrected chi connectivity index (χ0v) is 18.1. The van der Waals surface area contributed by atoms with Crippen LogP contribution >= 0.6 is 35.7 Å². The van der Waals surface area contributed by atoms with E-state index in [9.17, 15) is 0 Å². The van der Waals surface area contributed by atoms with Crippen molar-refractivity contribution in [1.29, 1.82) is 0 Å². The number of rotatable bonds is 10. The van der Waals surface area contributed by atoms with Crippen molar-refractivity contribution in [3.63, 3.8) is 0 Å². The third-order valence-corrected chi connectivity index (χ3v) is 4.07. The van der Waals surface area contributed by atoms with Gasteiger partial charge in [0.2, 0.25) is 0 Å². The number of thioether (sulfide) groups is 1. The number of nitrogens with zero attached hydrogens (tertiary/aromatic N) is 1. The summed E-state index contributed by atoms with van der Waals surface area (Å²) in [6.45, 7) is 7.20. The molecule has 5 nitrogen and oxygen atoms in total. The Morgan fingerprint density at radius 2 is 2.12 bits per heavy atom. The van der Waals surface area contributed by atoms with Gasteiger partial charge in [0.25, 0.3) is 0 Å². The lowest BCUT2D eigenvalue weighted by atomic mass is 10.3. The van der Waals surface area contributed by atoms with Crippen LogP contribution in [-0.4, -0.2) is 50.9 Å². The van der Waals surface area contributed by atoms with E-state index in [0.29, 0.717) is 18.5 Å². The fraction of sp³-hybridized carbons (Fsp3) is 0.588. The molecule has 2 N–H and O–H groups in total. The summed E-state index contributed by atoms with van der Waals surface area (Å²) < 4.78 is 10.7. The number of aliphatic imine (C=N–C) groups is 1. The fourth-order valence-electron chi connectivity index (χ4n) is 1.80. The van der Waals surface area contributed by atoms with Gasteiger partial charge in [-0.2, -0.15) is 11.8 Å². The second kappa shape index (κ2) is 14.7. The predicted octanol–water partition coefficient (Wildman–Crippen LogP) is 3.85. The molecule has 0 amide bonds. The number of benzene rings is 1. The molecular formula is C17H30IN3O2S. The van der Waals surface area contributed by atoms with Gasteiger partial charge in [-0.25, -0.2) is 0 Å². The Bertz CT molecular complexity index is 475. The molecule has 0 saturated heterocycles. The number of hydrogen-bond acceptors (Lipinski definition) is 4. The van der Waals surface area contributed by atoms with Gasteiger partial charge in [0.1, 0.15) is 5.75 Å². The monoisotopic (exact) mass is 467 g/mol. The molecule has 0 aromatic heterocycles. The zero-order valence-electron chi connectivity index (χ0n) is 15.0. The molecule has 0 spiro atoms. The first-order valence-corrected chi connectivity index (χ1v) is 9.28. The van der Waals surface area contributed by atoms with Crippen LogP contribution in [0.15, 0.2) is 29.3 Å². The molecule has 1 aromatic carbocycles. The van der Waals surface area contributed by atoms with Crippen LogP contribution in [0.1, 0.15) is 20.3 Å². The molecule has 0 aliphatic carbocycles. The Balaban J connectivity index is 0.00000529. The summed E-state index contributed by atoms with van der Waals surface area (Å²) in [7, 11) is 1.70. The lowest BCUT2D eigenvalue weighted by Crippen LogP contribution is -2.31. The van der Waals surface area contributed by atoms with Crippen LogP contribution < -0.4 is 15.4 Å².